The monoisotopic (exact) mass is 265 g/mol. The molecule has 19 heavy (non-hydrogen) atoms. The van der Waals surface area contributed by atoms with E-state index >= 15 is 0 Å². The molecule has 104 valence electrons. The molecule has 2 rings (SSSR count). The minimum atomic E-state index is -0.409. The van der Waals surface area contributed by atoms with Crippen LogP contribution in [0.2, 0.25) is 0 Å². The van der Waals surface area contributed by atoms with Crippen molar-refractivity contribution in [2.45, 2.75) is 26.2 Å². The molecule has 3 nitrogen and oxygen atoms in total. The molecule has 0 unspecified atom stereocenters. The molecule has 1 aliphatic rings. The Kier molecular flexibility index (Phi) is 4.91. The molecule has 1 heterocycles. The first-order valence-electron chi connectivity index (χ1n) is 6.82. The van der Waals surface area contributed by atoms with E-state index in [9.17, 15) is 9.18 Å². The van der Waals surface area contributed by atoms with Crippen LogP contribution in [0.4, 0.5) is 4.39 Å². The number of nitrogens with zero attached hydrogens (tertiary/aromatic N) is 1. The van der Waals surface area contributed by atoms with Crippen molar-refractivity contribution in [2.75, 3.05) is 26.2 Å². The minimum absolute atomic E-state index is 0.174. The highest BCUT2D eigenvalue weighted by Crippen LogP contribution is 2.20. The van der Waals surface area contributed by atoms with E-state index in [4.69, 9.17) is 4.74 Å². The first kappa shape index (κ1) is 14.0. The summed E-state index contributed by atoms with van der Waals surface area (Å²) in [7, 11) is 0. The van der Waals surface area contributed by atoms with Crippen molar-refractivity contribution < 1.29 is 13.9 Å². The normalized spacial score (nSPS) is 16.3. The zero-order valence-corrected chi connectivity index (χ0v) is 11.3. The fourth-order valence-electron chi connectivity index (χ4n) is 2.37. The molecule has 0 radical (unpaired) electrons. The average molecular weight is 265 g/mol. The second-order valence-electron chi connectivity index (χ2n) is 4.95. The average Bonchev–Trinajstić information content (AvgIpc) is 2.41. The molecular weight excluding hydrogens is 245 g/mol. The number of likely N-dealkylation sites (tertiary alicyclic amines) is 1. The van der Waals surface area contributed by atoms with E-state index in [1.54, 1.807) is 0 Å². The smallest absolute Gasteiger partial charge is 0.163 e. The number of piperidine rings is 1. The first-order chi connectivity index (χ1) is 9.16. The Morgan fingerprint density at radius 3 is 2.74 bits per heavy atom. The molecule has 1 aliphatic heterocycles. The lowest BCUT2D eigenvalue weighted by Crippen LogP contribution is -2.33. The van der Waals surface area contributed by atoms with Crippen LogP contribution in [-0.4, -0.2) is 36.9 Å². The quantitative estimate of drug-likeness (QED) is 0.767. The maximum Gasteiger partial charge on any atom is 0.163 e. The number of carbonyl (C=O) groups excluding carboxylic acids is 1. The van der Waals surface area contributed by atoms with Crippen LogP contribution in [0.25, 0.3) is 0 Å². The second kappa shape index (κ2) is 6.66. The Balaban J connectivity index is 1.89. The summed E-state index contributed by atoms with van der Waals surface area (Å²) < 4.78 is 18.7. The summed E-state index contributed by atoms with van der Waals surface area (Å²) in [4.78, 5) is 13.8. The fraction of sp³-hybridized carbons (Fsp3) is 0.533. The van der Waals surface area contributed by atoms with Gasteiger partial charge in [0, 0.05) is 6.54 Å². The van der Waals surface area contributed by atoms with Gasteiger partial charge in [0.05, 0.1) is 5.56 Å². The van der Waals surface area contributed by atoms with E-state index in [2.05, 4.69) is 4.90 Å². The topological polar surface area (TPSA) is 29.5 Å². The van der Waals surface area contributed by atoms with Crippen LogP contribution in [0.15, 0.2) is 18.2 Å². The molecule has 0 atom stereocenters. The van der Waals surface area contributed by atoms with Gasteiger partial charge in [-0.3, -0.25) is 9.69 Å². The van der Waals surface area contributed by atoms with Gasteiger partial charge in [-0.25, -0.2) is 4.39 Å². The lowest BCUT2D eigenvalue weighted by molar-refractivity contribution is 0.101. The molecule has 0 spiro atoms. The number of benzene rings is 1. The van der Waals surface area contributed by atoms with Gasteiger partial charge >= 0.3 is 0 Å². The molecule has 0 aliphatic carbocycles. The van der Waals surface area contributed by atoms with E-state index in [0.29, 0.717) is 17.9 Å². The van der Waals surface area contributed by atoms with Crippen LogP contribution < -0.4 is 4.74 Å². The number of hydrogen-bond acceptors (Lipinski definition) is 3. The molecule has 1 fully saturated rings. The Morgan fingerprint density at radius 1 is 1.32 bits per heavy atom. The molecule has 1 aromatic rings. The number of Topliss-reactive ketones (excluding diaryl/α,β-unsaturated/α-hetero) is 1. The van der Waals surface area contributed by atoms with Gasteiger partial charge in [0.15, 0.2) is 5.78 Å². The number of hydrogen-bond donors (Lipinski definition) is 0. The molecule has 1 aromatic carbocycles. The van der Waals surface area contributed by atoms with E-state index in [0.717, 1.165) is 19.6 Å². The highest BCUT2D eigenvalue weighted by atomic mass is 19.1. The number of rotatable bonds is 5. The third kappa shape index (κ3) is 4.03. The maximum atomic E-state index is 13.1. The van der Waals surface area contributed by atoms with Crippen molar-refractivity contribution in [3.63, 3.8) is 0 Å². The van der Waals surface area contributed by atoms with Crippen LogP contribution >= 0.6 is 0 Å². The predicted molar refractivity (Wildman–Crippen MR) is 72.2 cm³/mol. The van der Waals surface area contributed by atoms with E-state index in [1.807, 2.05) is 0 Å². The zero-order valence-electron chi connectivity index (χ0n) is 11.3. The van der Waals surface area contributed by atoms with Crippen LogP contribution in [0, 0.1) is 5.82 Å². The van der Waals surface area contributed by atoms with Crippen molar-refractivity contribution in [3.05, 3.63) is 29.6 Å². The number of halogens is 1. The summed E-state index contributed by atoms with van der Waals surface area (Å²) in [6, 6.07) is 4.09. The Hall–Kier alpha value is -1.42. The molecule has 0 aromatic heterocycles. The lowest BCUT2D eigenvalue weighted by Gasteiger charge is -2.26. The number of ether oxygens (including phenoxy) is 1. The van der Waals surface area contributed by atoms with E-state index < -0.39 is 5.82 Å². The highest BCUT2D eigenvalue weighted by molar-refractivity contribution is 5.96. The predicted octanol–water partition coefficient (Wildman–Crippen LogP) is 2.89. The molecular formula is C15H20FNO2. The van der Waals surface area contributed by atoms with Crippen molar-refractivity contribution >= 4 is 5.78 Å². The molecule has 0 N–H and O–H groups in total. The summed E-state index contributed by atoms with van der Waals surface area (Å²) in [5, 5.41) is 0. The fourth-order valence-corrected chi connectivity index (χ4v) is 2.37. The Labute approximate surface area is 113 Å². The number of carbonyl (C=O) groups is 1. The molecule has 1 saturated heterocycles. The Bertz CT molecular complexity index is 442. The summed E-state index contributed by atoms with van der Waals surface area (Å²) in [5.74, 6) is -0.105. The first-order valence-corrected chi connectivity index (χ1v) is 6.82. The largest absolute Gasteiger partial charge is 0.491 e. The van der Waals surface area contributed by atoms with Crippen molar-refractivity contribution in [1.82, 2.24) is 4.90 Å². The van der Waals surface area contributed by atoms with E-state index in [1.165, 1.54) is 44.4 Å². The van der Waals surface area contributed by atoms with Crippen LogP contribution in [-0.2, 0) is 0 Å². The van der Waals surface area contributed by atoms with Gasteiger partial charge in [-0.05, 0) is 51.1 Å². The zero-order chi connectivity index (χ0) is 13.7. The summed E-state index contributed by atoms with van der Waals surface area (Å²) in [5.41, 5.74) is 0.318. The van der Waals surface area contributed by atoms with Gasteiger partial charge in [0.2, 0.25) is 0 Å². The third-order valence-corrected chi connectivity index (χ3v) is 3.43. The summed E-state index contributed by atoms with van der Waals surface area (Å²) in [6.45, 7) is 5.05. The second-order valence-corrected chi connectivity index (χ2v) is 4.95. The van der Waals surface area contributed by atoms with Crippen LogP contribution in [0.3, 0.4) is 0 Å². The number of ketones is 1. The third-order valence-electron chi connectivity index (χ3n) is 3.43. The van der Waals surface area contributed by atoms with Gasteiger partial charge in [0.25, 0.3) is 0 Å². The Morgan fingerprint density at radius 2 is 2.05 bits per heavy atom. The van der Waals surface area contributed by atoms with Crippen molar-refractivity contribution in [2.24, 2.45) is 0 Å². The maximum absolute atomic E-state index is 13.1. The highest BCUT2D eigenvalue weighted by Gasteiger charge is 2.12. The van der Waals surface area contributed by atoms with Gasteiger partial charge < -0.3 is 4.74 Å². The molecule has 0 amide bonds. The van der Waals surface area contributed by atoms with Gasteiger partial charge in [-0.1, -0.05) is 6.42 Å². The summed E-state index contributed by atoms with van der Waals surface area (Å²) in [6.07, 6.45) is 3.80. The molecule has 4 heteroatoms. The van der Waals surface area contributed by atoms with Crippen molar-refractivity contribution in [3.8, 4) is 5.75 Å². The minimum Gasteiger partial charge on any atom is -0.491 e. The SMILES string of the molecule is CC(=O)c1cc(F)ccc1OCCN1CCCCC1. The van der Waals surface area contributed by atoms with Gasteiger partial charge in [0.1, 0.15) is 18.2 Å². The van der Waals surface area contributed by atoms with Crippen LogP contribution in [0.1, 0.15) is 36.5 Å². The van der Waals surface area contributed by atoms with Gasteiger partial charge in [-0.15, -0.1) is 0 Å². The molecule has 0 saturated carbocycles. The van der Waals surface area contributed by atoms with Gasteiger partial charge in [-0.2, -0.15) is 0 Å². The van der Waals surface area contributed by atoms with Crippen LogP contribution in [0.5, 0.6) is 5.75 Å². The molecule has 0 bridgehead atoms. The standard InChI is InChI=1S/C15H20FNO2/c1-12(18)14-11-13(16)5-6-15(14)19-10-9-17-7-3-2-4-8-17/h5-6,11H,2-4,7-10H2,1H3. The van der Waals surface area contributed by atoms with Crippen molar-refractivity contribution in [1.29, 1.82) is 0 Å². The lowest BCUT2D eigenvalue weighted by atomic mass is 10.1. The van der Waals surface area contributed by atoms with E-state index in [-0.39, 0.29) is 5.78 Å². The summed E-state index contributed by atoms with van der Waals surface area (Å²) >= 11 is 0.